The molecule has 1 aliphatic rings. The Labute approximate surface area is 165 Å². The third kappa shape index (κ3) is 11.2. The van der Waals surface area contributed by atoms with E-state index in [0.717, 1.165) is 25.7 Å². The average molecular weight is 387 g/mol. The summed E-state index contributed by atoms with van der Waals surface area (Å²) in [7, 11) is 0. The number of ether oxygens (including phenoxy) is 2. The second-order valence-electron chi connectivity index (χ2n) is 7.68. The minimum Gasteiger partial charge on any atom is -0.394 e. The number of hydrogen-bond acceptors (Lipinski definition) is 5. The van der Waals surface area contributed by atoms with Gasteiger partial charge in [0.1, 0.15) is 24.4 Å². The molecule has 0 aromatic rings. The summed E-state index contributed by atoms with van der Waals surface area (Å²) in [5.41, 5.74) is 0. The van der Waals surface area contributed by atoms with Crippen molar-refractivity contribution in [3.05, 3.63) is 12.2 Å². The molecule has 0 aromatic heterocycles. The Morgan fingerprint density at radius 1 is 0.926 bits per heavy atom. The van der Waals surface area contributed by atoms with Crippen LogP contribution in [0, 0.1) is 0 Å². The van der Waals surface area contributed by atoms with Gasteiger partial charge in [-0.05, 0) is 32.1 Å². The Morgan fingerprint density at radius 2 is 1.52 bits per heavy atom. The summed E-state index contributed by atoms with van der Waals surface area (Å²) in [6.45, 7) is 2.68. The summed E-state index contributed by atoms with van der Waals surface area (Å²) < 4.78 is 10.9. The topological polar surface area (TPSA) is 79.2 Å². The van der Waals surface area contributed by atoms with E-state index in [1.165, 1.54) is 51.4 Å². The van der Waals surface area contributed by atoms with Crippen molar-refractivity contribution in [3.63, 3.8) is 0 Å². The zero-order valence-corrected chi connectivity index (χ0v) is 17.2. The van der Waals surface area contributed by atoms with E-state index in [-0.39, 0.29) is 13.2 Å². The molecule has 0 saturated carbocycles. The van der Waals surface area contributed by atoms with Crippen LogP contribution in [0.3, 0.4) is 0 Å². The van der Waals surface area contributed by atoms with Crippen LogP contribution in [0.5, 0.6) is 0 Å². The maximum Gasteiger partial charge on any atom is 0.114 e. The first-order valence-electron chi connectivity index (χ1n) is 11.1. The highest BCUT2D eigenvalue weighted by molar-refractivity contribution is 4.88. The first-order valence-corrected chi connectivity index (χ1v) is 11.1. The predicted molar refractivity (Wildman–Crippen MR) is 109 cm³/mol. The molecule has 5 heteroatoms. The van der Waals surface area contributed by atoms with Gasteiger partial charge < -0.3 is 24.8 Å². The third-order valence-corrected chi connectivity index (χ3v) is 5.22. The van der Waals surface area contributed by atoms with E-state index < -0.39 is 24.4 Å². The molecule has 1 rings (SSSR count). The molecule has 3 N–H and O–H groups in total. The Morgan fingerprint density at radius 3 is 2.07 bits per heavy atom. The lowest BCUT2D eigenvalue weighted by atomic mass is 10.1. The maximum atomic E-state index is 9.81. The Bertz CT molecular complexity index is 361. The molecule has 27 heavy (non-hydrogen) atoms. The molecule has 0 unspecified atom stereocenters. The standard InChI is InChI=1S/C22H42O5/c1-2-3-4-5-6-7-8-9-10-11-12-13-14-15-16-26-20(17-23)22-21(25)19(24)18-27-22/h10-11,19-25H,2-9,12-18H2,1H3/b11-10+/t19-,20+,21-,22-/m0/s1. The van der Waals surface area contributed by atoms with Crippen molar-refractivity contribution < 1.29 is 24.8 Å². The van der Waals surface area contributed by atoms with Crippen LogP contribution in [0.1, 0.15) is 84.0 Å². The van der Waals surface area contributed by atoms with Gasteiger partial charge in [0.25, 0.3) is 0 Å². The molecule has 1 saturated heterocycles. The van der Waals surface area contributed by atoms with Crippen molar-refractivity contribution in [1.82, 2.24) is 0 Å². The van der Waals surface area contributed by atoms with Crippen LogP contribution >= 0.6 is 0 Å². The van der Waals surface area contributed by atoms with E-state index >= 15 is 0 Å². The van der Waals surface area contributed by atoms with Crippen LogP contribution < -0.4 is 0 Å². The third-order valence-electron chi connectivity index (χ3n) is 5.22. The minimum absolute atomic E-state index is 0.0941. The van der Waals surface area contributed by atoms with Gasteiger partial charge in [-0.15, -0.1) is 0 Å². The van der Waals surface area contributed by atoms with Gasteiger partial charge in [0, 0.05) is 6.61 Å². The van der Waals surface area contributed by atoms with Crippen molar-refractivity contribution >= 4 is 0 Å². The van der Waals surface area contributed by atoms with Crippen LogP contribution in [0.25, 0.3) is 0 Å². The van der Waals surface area contributed by atoms with Crippen molar-refractivity contribution in [1.29, 1.82) is 0 Å². The molecule has 0 aliphatic carbocycles. The molecular formula is C22H42O5. The summed E-state index contributed by atoms with van der Waals surface area (Å²) in [5.74, 6) is 0. The zero-order valence-electron chi connectivity index (χ0n) is 17.2. The van der Waals surface area contributed by atoms with E-state index in [1.807, 2.05) is 0 Å². The van der Waals surface area contributed by atoms with Gasteiger partial charge in [-0.1, -0.05) is 64.0 Å². The average Bonchev–Trinajstić information content (AvgIpc) is 3.00. The predicted octanol–water partition coefficient (Wildman–Crippen LogP) is 3.74. The molecule has 0 amide bonds. The Kier molecular flexibility index (Phi) is 15.0. The van der Waals surface area contributed by atoms with Crippen LogP contribution in [-0.4, -0.2) is 59.6 Å². The second kappa shape index (κ2) is 16.5. The summed E-state index contributed by atoms with van der Waals surface area (Å²) in [5, 5.41) is 28.7. The quantitative estimate of drug-likeness (QED) is 0.262. The first kappa shape index (κ1) is 24.6. The van der Waals surface area contributed by atoms with Gasteiger partial charge >= 0.3 is 0 Å². The van der Waals surface area contributed by atoms with Gasteiger partial charge in [-0.25, -0.2) is 0 Å². The lowest BCUT2D eigenvalue weighted by molar-refractivity contribution is -0.101. The van der Waals surface area contributed by atoms with E-state index in [2.05, 4.69) is 19.1 Å². The highest BCUT2D eigenvalue weighted by atomic mass is 16.6. The van der Waals surface area contributed by atoms with Gasteiger partial charge in [0.15, 0.2) is 0 Å². The zero-order chi connectivity index (χ0) is 19.7. The molecule has 0 aromatic carbocycles. The van der Waals surface area contributed by atoms with E-state index in [9.17, 15) is 15.3 Å². The van der Waals surface area contributed by atoms with Crippen LogP contribution in [0.2, 0.25) is 0 Å². The fourth-order valence-corrected chi connectivity index (χ4v) is 3.44. The molecular weight excluding hydrogens is 344 g/mol. The SMILES string of the molecule is CCCCCCCCC/C=C/CCCCCO[C@H](CO)[C@@H]1OC[C@H](O)[C@@H]1O. The Balaban J connectivity index is 1.90. The van der Waals surface area contributed by atoms with Gasteiger partial charge in [0.05, 0.1) is 13.2 Å². The van der Waals surface area contributed by atoms with Crippen molar-refractivity contribution in [2.75, 3.05) is 19.8 Å². The highest BCUT2D eigenvalue weighted by Crippen LogP contribution is 2.19. The van der Waals surface area contributed by atoms with E-state index in [4.69, 9.17) is 9.47 Å². The van der Waals surface area contributed by atoms with E-state index in [0.29, 0.717) is 6.61 Å². The number of aliphatic hydroxyl groups excluding tert-OH is 3. The fourth-order valence-electron chi connectivity index (χ4n) is 3.44. The molecule has 0 radical (unpaired) electrons. The van der Waals surface area contributed by atoms with Crippen LogP contribution in [0.4, 0.5) is 0 Å². The molecule has 160 valence electrons. The van der Waals surface area contributed by atoms with Crippen molar-refractivity contribution in [2.45, 2.75) is 108 Å². The summed E-state index contributed by atoms with van der Waals surface area (Å²) in [6, 6.07) is 0. The van der Waals surface area contributed by atoms with Gasteiger partial charge in [-0.3, -0.25) is 0 Å². The molecule has 1 aliphatic heterocycles. The number of rotatable bonds is 17. The van der Waals surface area contributed by atoms with Gasteiger partial charge in [-0.2, -0.15) is 0 Å². The molecule has 1 heterocycles. The fraction of sp³-hybridized carbons (Fsp3) is 0.909. The monoisotopic (exact) mass is 386 g/mol. The lowest BCUT2D eigenvalue weighted by Crippen LogP contribution is -2.42. The number of aliphatic hydroxyl groups is 3. The summed E-state index contributed by atoms with van der Waals surface area (Å²) in [6.07, 6.45) is 16.5. The maximum absolute atomic E-state index is 9.81. The number of hydrogen-bond donors (Lipinski definition) is 3. The molecule has 1 fully saturated rings. The first-order chi connectivity index (χ1) is 13.2. The lowest BCUT2D eigenvalue weighted by Gasteiger charge is -2.24. The smallest absolute Gasteiger partial charge is 0.114 e. The van der Waals surface area contributed by atoms with E-state index in [1.54, 1.807) is 0 Å². The largest absolute Gasteiger partial charge is 0.394 e. The minimum atomic E-state index is -0.983. The molecule has 5 nitrogen and oxygen atoms in total. The highest BCUT2D eigenvalue weighted by Gasteiger charge is 2.40. The normalized spacial score (nSPS) is 24.1. The Hall–Kier alpha value is -0.460. The summed E-state index contributed by atoms with van der Waals surface area (Å²) in [4.78, 5) is 0. The van der Waals surface area contributed by atoms with Crippen molar-refractivity contribution in [3.8, 4) is 0 Å². The number of allylic oxidation sites excluding steroid dienone is 2. The van der Waals surface area contributed by atoms with Crippen LogP contribution in [0.15, 0.2) is 12.2 Å². The van der Waals surface area contributed by atoms with Crippen molar-refractivity contribution in [2.24, 2.45) is 0 Å². The molecule has 4 atom stereocenters. The van der Waals surface area contributed by atoms with Crippen LogP contribution in [-0.2, 0) is 9.47 Å². The second-order valence-corrected chi connectivity index (χ2v) is 7.68. The summed E-state index contributed by atoms with van der Waals surface area (Å²) >= 11 is 0. The molecule has 0 bridgehead atoms. The van der Waals surface area contributed by atoms with Gasteiger partial charge in [0.2, 0.25) is 0 Å². The molecule has 0 spiro atoms. The number of unbranched alkanes of at least 4 members (excludes halogenated alkanes) is 10.